The van der Waals surface area contributed by atoms with Gasteiger partial charge in [0.1, 0.15) is 11.8 Å². The zero-order chi connectivity index (χ0) is 15.2. The summed E-state index contributed by atoms with van der Waals surface area (Å²) in [6.45, 7) is 4.62. The Hall–Kier alpha value is -2.88. The summed E-state index contributed by atoms with van der Waals surface area (Å²) in [5.74, 6) is -0.211. The average Bonchev–Trinajstić information content (AvgIpc) is 2.97. The smallest absolute Gasteiger partial charge is 0.269 e. The molecule has 0 bridgehead atoms. The van der Waals surface area contributed by atoms with Crippen LogP contribution in [0.4, 0.5) is 5.69 Å². The molecule has 0 saturated heterocycles. The molecule has 1 amide bonds. The fraction of sp³-hybridized carbons (Fsp3) is 0.286. The van der Waals surface area contributed by atoms with E-state index in [1.807, 2.05) is 13.0 Å². The number of aromatic amines is 1. The van der Waals surface area contributed by atoms with E-state index in [2.05, 4.69) is 31.9 Å². The Balaban J connectivity index is 1.90. The Labute approximate surface area is 122 Å². The van der Waals surface area contributed by atoms with E-state index in [9.17, 15) is 4.79 Å². The van der Waals surface area contributed by atoms with Crippen molar-refractivity contribution in [3.05, 3.63) is 41.0 Å². The highest BCUT2D eigenvalue weighted by molar-refractivity contribution is 5.92. The molecule has 2 rings (SSSR count). The van der Waals surface area contributed by atoms with Crippen LogP contribution < -0.4 is 10.6 Å². The van der Waals surface area contributed by atoms with Crippen molar-refractivity contribution in [2.75, 3.05) is 18.4 Å². The number of pyridine rings is 1. The highest BCUT2D eigenvalue weighted by Crippen LogP contribution is 2.18. The second-order valence-electron chi connectivity index (χ2n) is 4.54. The number of carbonyl (C=O) groups excluding carboxylic acids is 1. The first kappa shape index (κ1) is 14.5. The molecule has 21 heavy (non-hydrogen) atoms. The van der Waals surface area contributed by atoms with Crippen LogP contribution in [0.1, 0.15) is 27.4 Å². The number of hydrogen-bond donors (Lipinski definition) is 3. The van der Waals surface area contributed by atoms with Gasteiger partial charge >= 0.3 is 0 Å². The molecule has 108 valence electrons. The predicted molar refractivity (Wildman–Crippen MR) is 77.8 cm³/mol. The van der Waals surface area contributed by atoms with E-state index in [1.165, 1.54) is 6.20 Å². The molecule has 0 radical (unpaired) electrons. The number of nitrogens with zero attached hydrogens (tertiary/aromatic N) is 3. The van der Waals surface area contributed by atoms with Crippen molar-refractivity contribution < 1.29 is 4.79 Å². The summed E-state index contributed by atoms with van der Waals surface area (Å²) < 4.78 is 0. The average molecular weight is 284 g/mol. The number of rotatable bonds is 5. The minimum Gasteiger partial charge on any atom is -0.382 e. The highest BCUT2D eigenvalue weighted by atomic mass is 16.1. The minimum atomic E-state index is -0.211. The van der Waals surface area contributed by atoms with E-state index >= 15 is 0 Å². The number of amides is 1. The number of hydrogen-bond acceptors (Lipinski definition) is 5. The molecular formula is C14H16N6O. The summed E-state index contributed by atoms with van der Waals surface area (Å²) >= 11 is 0. The summed E-state index contributed by atoms with van der Waals surface area (Å²) in [4.78, 5) is 15.9. The van der Waals surface area contributed by atoms with E-state index in [4.69, 9.17) is 5.26 Å². The molecular weight excluding hydrogens is 268 g/mol. The van der Waals surface area contributed by atoms with E-state index in [1.54, 1.807) is 13.0 Å². The van der Waals surface area contributed by atoms with Crippen molar-refractivity contribution in [3.63, 3.8) is 0 Å². The molecule has 0 unspecified atom stereocenters. The quantitative estimate of drug-likeness (QED) is 0.714. The van der Waals surface area contributed by atoms with Crippen LogP contribution in [0.15, 0.2) is 18.3 Å². The first-order chi connectivity index (χ1) is 10.1. The van der Waals surface area contributed by atoms with Crippen LogP contribution in [0.2, 0.25) is 0 Å². The lowest BCUT2D eigenvalue weighted by Crippen LogP contribution is -2.29. The molecule has 0 aromatic carbocycles. The number of H-pyrrole nitrogens is 1. The van der Waals surface area contributed by atoms with Crippen LogP contribution >= 0.6 is 0 Å². The third-order valence-electron chi connectivity index (χ3n) is 2.91. The number of nitrogens with one attached hydrogen (secondary N) is 3. The monoisotopic (exact) mass is 284 g/mol. The maximum atomic E-state index is 11.7. The van der Waals surface area contributed by atoms with E-state index < -0.39 is 0 Å². The molecule has 0 aliphatic heterocycles. The lowest BCUT2D eigenvalue weighted by atomic mass is 10.1. The van der Waals surface area contributed by atoms with Crippen LogP contribution in [0.25, 0.3) is 0 Å². The van der Waals surface area contributed by atoms with Crippen molar-refractivity contribution in [1.82, 2.24) is 20.5 Å². The fourth-order valence-electron chi connectivity index (χ4n) is 1.96. The van der Waals surface area contributed by atoms with Gasteiger partial charge in [-0.15, -0.1) is 0 Å². The molecule has 7 nitrogen and oxygen atoms in total. The third-order valence-corrected chi connectivity index (χ3v) is 2.91. The number of aryl methyl sites for hydroxylation is 2. The van der Waals surface area contributed by atoms with Gasteiger partial charge in [0, 0.05) is 25.0 Å². The second-order valence-corrected chi connectivity index (χ2v) is 4.54. The zero-order valence-corrected chi connectivity index (χ0v) is 11.9. The first-order valence-corrected chi connectivity index (χ1v) is 6.51. The maximum absolute atomic E-state index is 11.7. The Bertz CT molecular complexity index is 672. The number of aromatic nitrogens is 3. The van der Waals surface area contributed by atoms with Gasteiger partial charge in [0.25, 0.3) is 5.91 Å². The van der Waals surface area contributed by atoms with Crippen molar-refractivity contribution >= 4 is 11.6 Å². The molecule has 2 heterocycles. The molecule has 0 aliphatic carbocycles. The SMILES string of the molecule is Cc1cc(NCCNC(=O)c2ccn[nH]2)c(C#N)c(C)n1. The summed E-state index contributed by atoms with van der Waals surface area (Å²) in [5, 5.41) is 21.4. The molecule has 0 aliphatic rings. The van der Waals surface area contributed by atoms with Crippen LogP contribution in [0.5, 0.6) is 0 Å². The van der Waals surface area contributed by atoms with E-state index in [0.29, 0.717) is 30.0 Å². The van der Waals surface area contributed by atoms with Crippen LogP contribution in [0, 0.1) is 25.2 Å². The second kappa shape index (κ2) is 6.52. The molecule has 0 spiro atoms. The van der Waals surface area contributed by atoms with Gasteiger partial charge in [-0.1, -0.05) is 0 Å². The van der Waals surface area contributed by atoms with Gasteiger partial charge in [-0.05, 0) is 26.0 Å². The molecule has 7 heteroatoms. The molecule has 2 aromatic heterocycles. The van der Waals surface area contributed by atoms with Crippen molar-refractivity contribution in [2.24, 2.45) is 0 Å². The topological polar surface area (TPSA) is 106 Å². The van der Waals surface area contributed by atoms with E-state index in [-0.39, 0.29) is 5.91 Å². The molecule has 0 atom stereocenters. The van der Waals surface area contributed by atoms with Crippen LogP contribution in [-0.2, 0) is 0 Å². The van der Waals surface area contributed by atoms with E-state index in [0.717, 1.165) is 11.4 Å². The van der Waals surface area contributed by atoms with Gasteiger partial charge in [-0.25, -0.2) is 0 Å². The normalized spacial score (nSPS) is 9.95. The summed E-state index contributed by atoms with van der Waals surface area (Å²) in [5.41, 5.74) is 3.22. The van der Waals surface area contributed by atoms with Crippen molar-refractivity contribution in [3.8, 4) is 6.07 Å². The molecule has 3 N–H and O–H groups in total. The predicted octanol–water partition coefficient (Wildman–Crippen LogP) is 1.14. The lowest BCUT2D eigenvalue weighted by Gasteiger charge is -2.11. The maximum Gasteiger partial charge on any atom is 0.269 e. The van der Waals surface area contributed by atoms with Gasteiger partial charge in [-0.3, -0.25) is 14.9 Å². The van der Waals surface area contributed by atoms with Gasteiger partial charge in [-0.2, -0.15) is 10.4 Å². The van der Waals surface area contributed by atoms with Crippen LogP contribution in [0.3, 0.4) is 0 Å². The number of anilines is 1. The fourth-order valence-corrected chi connectivity index (χ4v) is 1.96. The molecule has 0 saturated carbocycles. The zero-order valence-electron chi connectivity index (χ0n) is 11.9. The standard InChI is InChI=1S/C14H16N6O/c1-9-7-13(11(8-15)10(2)19-9)16-5-6-17-14(21)12-3-4-18-20-12/h3-4,7H,5-6H2,1-2H3,(H,16,19)(H,17,21)(H,18,20). The lowest BCUT2D eigenvalue weighted by molar-refractivity contribution is 0.0950. The Morgan fingerprint density at radius 2 is 2.24 bits per heavy atom. The molecule has 0 fully saturated rings. The Kier molecular flexibility index (Phi) is 4.51. The van der Waals surface area contributed by atoms with Crippen molar-refractivity contribution in [2.45, 2.75) is 13.8 Å². The van der Waals surface area contributed by atoms with Gasteiger partial charge < -0.3 is 10.6 Å². The first-order valence-electron chi connectivity index (χ1n) is 6.51. The number of nitriles is 1. The summed E-state index contributed by atoms with van der Waals surface area (Å²) in [6, 6.07) is 5.56. The van der Waals surface area contributed by atoms with Gasteiger partial charge in [0.2, 0.25) is 0 Å². The minimum absolute atomic E-state index is 0.211. The van der Waals surface area contributed by atoms with Gasteiger partial charge in [0.05, 0.1) is 16.9 Å². The summed E-state index contributed by atoms with van der Waals surface area (Å²) in [7, 11) is 0. The largest absolute Gasteiger partial charge is 0.382 e. The summed E-state index contributed by atoms with van der Waals surface area (Å²) in [6.07, 6.45) is 1.52. The van der Waals surface area contributed by atoms with Gasteiger partial charge in [0.15, 0.2) is 0 Å². The highest BCUT2D eigenvalue weighted by Gasteiger charge is 2.08. The molecule has 2 aromatic rings. The Morgan fingerprint density at radius 3 is 2.90 bits per heavy atom. The third kappa shape index (κ3) is 3.57. The number of carbonyl (C=O) groups is 1. The van der Waals surface area contributed by atoms with Crippen LogP contribution in [-0.4, -0.2) is 34.2 Å². The van der Waals surface area contributed by atoms with Crippen molar-refractivity contribution in [1.29, 1.82) is 5.26 Å². The Morgan fingerprint density at radius 1 is 1.43 bits per heavy atom.